The number of rotatable bonds is 3. The van der Waals surface area contributed by atoms with Crippen LogP contribution in [0.25, 0.3) is 6.08 Å². The van der Waals surface area contributed by atoms with Gasteiger partial charge in [-0.05, 0) is 37.6 Å². The number of aromatic nitrogens is 3. The van der Waals surface area contributed by atoms with E-state index in [0.717, 1.165) is 11.3 Å². The van der Waals surface area contributed by atoms with E-state index in [1.807, 2.05) is 6.92 Å². The Morgan fingerprint density at radius 2 is 2.03 bits per heavy atom. The second-order valence-electron chi connectivity index (χ2n) is 7.05. The van der Waals surface area contributed by atoms with E-state index in [0.29, 0.717) is 36.2 Å². The van der Waals surface area contributed by atoms with Crippen LogP contribution in [0.2, 0.25) is 10.0 Å². The van der Waals surface area contributed by atoms with Gasteiger partial charge in [-0.15, -0.1) is 0 Å². The Bertz CT molecular complexity index is 1430. The van der Waals surface area contributed by atoms with E-state index in [9.17, 15) is 9.59 Å². The number of allylic oxidation sites excluding steroid dienone is 1. The molecule has 10 heteroatoms. The van der Waals surface area contributed by atoms with Gasteiger partial charge in [-0.2, -0.15) is 5.10 Å². The lowest BCUT2D eigenvalue weighted by molar-refractivity contribution is -0.136. The van der Waals surface area contributed by atoms with Gasteiger partial charge in [0.25, 0.3) is 5.56 Å². The number of halogens is 2. The van der Waals surface area contributed by atoms with Gasteiger partial charge in [-0.25, -0.2) is 9.79 Å². The van der Waals surface area contributed by atoms with Crippen LogP contribution in [-0.2, 0) is 16.6 Å². The average Bonchev–Trinajstić information content (AvgIpc) is 3.21. The van der Waals surface area contributed by atoms with Crippen molar-refractivity contribution >= 4 is 46.6 Å². The minimum absolute atomic E-state index is 0.281. The molecule has 1 aromatic carbocycles. The molecule has 160 valence electrons. The van der Waals surface area contributed by atoms with E-state index in [-0.39, 0.29) is 5.56 Å². The van der Waals surface area contributed by atoms with E-state index in [1.165, 1.54) is 23.0 Å². The highest BCUT2D eigenvalue weighted by atomic mass is 35.5. The van der Waals surface area contributed by atoms with Gasteiger partial charge in [0.1, 0.15) is 6.04 Å². The van der Waals surface area contributed by atoms with Gasteiger partial charge in [-0.3, -0.25) is 14.0 Å². The summed E-state index contributed by atoms with van der Waals surface area (Å²) in [6.45, 7) is 3.62. The largest absolute Gasteiger partial charge is 0.466 e. The molecule has 1 atom stereocenters. The van der Waals surface area contributed by atoms with Gasteiger partial charge in [0, 0.05) is 28.4 Å². The summed E-state index contributed by atoms with van der Waals surface area (Å²) in [4.78, 5) is 31.1. The van der Waals surface area contributed by atoms with Crippen molar-refractivity contribution in [2.45, 2.75) is 19.9 Å². The fourth-order valence-corrected chi connectivity index (χ4v) is 5.03. The number of ether oxygens (including phenoxy) is 1. The number of fused-ring (bicyclic) bond motifs is 1. The lowest BCUT2D eigenvalue weighted by Gasteiger charge is -2.23. The molecule has 0 spiro atoms. The van der Waals surface area contributed by atoms with Crippen LogP contribution in [0, 0.1) is 6.92 Å². The summed E-state index contributed by atoms with van der Waals surface area (Å²) in [5, 5.41) is 5.24. The Labute approximate surface area is 191 Å². The number of aryl methyl sites for hydroxylation is 1. The maximum Gasteiger partial charge on any atom is 0.338 e. The molecule has 0 bridgehead atoms. The highest BCUT2D eigenvalue weighted by Crippen LogP contribution is 2.32. The van der Waals surface area contributed by atoms with Crippen molar-refractivity contribution in [3.05, 3.63) is 82.2 Å². The van der Waals surface area contributed by atoms with Crippen molar-refractivity contribution in [1.29, 1.82) is 0 Å². The first-order valence-corrected chi connectivity index (χ1v) is 10.8. The monoisotopic (exact) mass is 476 g/mol. The molecule has 1 aliphatic rings. The van der Waals surface area contributed by atoms with Crippen LogP contribution in [0.4, 0.5) is 0 Å². The summed E-state index contributed by atoms with van der Waals surface area (Å²) in [5.74, 6) is -0.537. The predicted octanol–water partition coefficient (Wildman–Crippen LogP) is 2.76. The average molecular weight is 477 g/mol. The van der Waals surface area contributed by atoms with Gasteiger partial charge in [0.15, 0.2) is 4.80 Å². The molecule has 3 heterocycles. The quantitative estimate of drug-likeness (QED) is 0.544. The van der Waals surface area contributed by atoms with Crippen LogP contribution < -0.4 is 14.9 Å². The van der Waals surface area contributed by atoms with Gasteiger partial charge in [0.2, 0.25) is 0 Å². The molecular formula is C21H18Cl2N4O3S. The Balaban J connectivity index is 2.01. The van der Waals surface area contributed by atoms with E-state index in [1.54, 1.807) is 49.1 Å². The number of hydrogen-bond donors (Lipinski definition) is 0. The maximum atomic E-state index is 13.5. The summed E-state index contributed by atoms with van der Waals surface area (Å²) in [6.07, 6.45) is 3.36. The topological polar surface area (TPSA) is 78.5 Å². The number of hydrogen-bond acceptors (Lipinski definition) is 6. The molecular weight excluding hydrogens is 459 g/mol. The van der Waals surface area contributed by atoms with Gasteiger partial charge in [0.05, 0.1) is 29.1 Å². The van der Waals surface area contributed by atoms with Crippen molar-refractivity contribution in [3.63, 3.8) is 0 Å². The first kappa shape index (κ1) is 21.5. The van der Waals surface area contributed by atoms with Gasteiger partial charge in [-0.1, -0.05) is 40.6 Å². The Hall–Kier alpha value is -2.68. The van der Waals surface area contributed by atoms with E-state index >= 15 is 0 Å². The number of carbonyl (C=O) groups excluding carboxylic acids is 1. The first-order valence-electron chi connectivity index (χ1n) is 9.27. The summed E-state index contributed by atoms with van der Waals surface area (Å²) < 4.78 is 8.66. The number of carbonyl (C=O) groups is 1. The van der Waals surface area contributed by atoms with Crippen LogP contribution in [0.15, 0.2) is 45.5 Å². The molecule has 0 saturated carbocycles. The van der Waals surface area contributed by atoms with Crippen molar-refractivity contribution in [2.75, 3.05) is 7.11 Å². The molecule has 7 nitrogen and oxygen atoms in total. The second kappa shape index (κ2) is 8.11. The second-order valence-corrected chi connectivity index (χ2v) is 8.90. The number of benzene rings is 1. The molecule has 3 aromatic rings. The number of thiazole rings is 1. The standard InChI is InChI=1S/C21H18Cl2N4O3S/c1-10-17(20(29)30-4)18(14-9-24-26(3)11(14)2)27-19(28)16(31-21(27)25-10)7-12-5-6-13(22)8-15(12)23/h5-9,18H,1-4H3/b16-7+/t18-/m0/s1. The van der Waals surface area contributed by atoms with E-state index < -0.39 is 12.0 Å². The zero-order valence-corrected chi connectivity index (χ0v) is 19.5. The van der Waals surface area contributed by atoms with Crippen LogP contribution in [0.5, 0.6) is 0 Å². The van der Waals surface area contributed by atoms with Crippen molar-refractivity contribution in [2.24, 2.45) is 12.0 Å². The minimum atomic E-state index is -0.694. The smallest absolute Gasteiger partial charge is 0.338 e. The number of methoxy groups -OCH3 is 1. The van der Waals surface area contributed by atoms with Gasteiger partial charge < -0.3 is 4.74 Å². The van der Waals surface area contributed by atoms with Crippen molar-refractivity contribution in [3.8, 4) is 0 Å². The SMILES string of the molecule is COC(=O)C1=C(C)N=c2s/c(=C/c3ccc(Cl)cc3Cl)c(=O)n2[C@H]1c1cnn(C)c1C. The molecule has 2 aromatic heterocycles. The van der Waals surface area contributed by atoms with E-state index in [2.05, 4.69) is 10.1 Å². The zero-order valence-electron chi connectivity index (χ0n) is 17.1. The lowest BCUT2D eigenvalue weighted by Crippen LogP contribution is -2.40. The maximum absolute atomic E-state index is 13.5. The van der Waals surface area contributed by atoms with E-state index in [4.69, 9.17) is 27.9 Å². The predicted molar refractivity (Wildman–Crippen MR) is 120 cm³/mol. The fourth-order valence-electron chi connectivity index (χ4n) is 3.53. The molecule has 0 saturated heterocycles. The Morgan fingerprint density at radius 1 is 1.29 bits per heavy atom. The Morgan fingerprint density at radius 3 is 2.65 bits per heavy atom. The molecule has 0 fully saturated rings. The number of nitrogens with zero attached hydrogens (tertiary/aromatic N) is 4. The fraction of sp³-hybridized carbons (Fsp3) is 0.238. The molecule has 4 rings (SSSR count). The van der Waals surface area contributed by atoms with Crippen molar-refractivity contribution < 1.29 is 9.53 Å². The van der Waals surface area contributed by atoms with Gasteiger partial charge >= 0.3 is 5.97 Å². The summed E-state index contributed by atoms with van der Waals surface area (Å²) in [5.41, 5.74) is 2.75. The molecule has 0 unspecified atom stereocenters. The highest BCUT2D eigenvalue weighted by Gasteiger charge is 2.35. The zero-order chi connectivity index (χ0) is 22.4. The summed E-state index contributed by atoms with van der Waals surface area (Å²) in [7, 11) is 3.11. The van der Waals surface area contributed by atoms with Crippen molar-refractivity contribution in [1.82, 2.24) is 14.3 Å². The molecule has 0 N–H and O–H groups in total. The third kappa shape index (κ3) is 3.64. The van der Waals surface area contributed by atoms with Crippen LogP contribution in [0.3, 0.4) is 0 Å². The molecule has 0 aliphatic carbocycles. The summed E-state index contributed by atoms with van der Waals surface area (Å²) >= 11 is 13.5. The first-order chi connectivity index (χ1) is 14.7. The highest BCUT2D eigenvalue weighted by molar-refractivity contribution is 7.07. The lowest BCUT2D eigenvalue weighted by atomic mass is 9.96. The minimum Gasteiger partial charge on any atom is -0.466 e. The normalized spacial score (nSPS) is 16.3. The Kier molecular flexibility index (Phi) is 5.63. The third-order valence-corrected chi connectivity index (χ3v) is 6.79. The molecule has 31 heavy (non-hydrogen) atoms. The number of esters is 1. The molecule has 0 radical (unpaired) electrons. The van der Waals surface area contributed by atoms with Crippen LogP contribution >= 0.6 is 34.5 Å². The molecule has 0 amide bonds. The third-order valence-electron chi connectivity index (χ3n) is 5.24. The van der Waals surface area contributed by atoms with Crippen LogP contribution in [0.1, 0.15) is 29.8 Å². The molecule has 1 aliphatic heterocycles. The van der Waals surface area contributed by atoms with Crippen LogP contribution in [-0.4, -0.2) is 27.4 Å². The summed E-state index contributed by atoms with van der Waals surface area (Å²) in [6, 6.07) is 4.38.